The van der Waals surface area contributed by atoms with Gasteiger partial charge < -0.3 is 24.2 Å². The zero-order valence-corrected chi connectivity index (χ0v) is 36.9. The van der Waals surface area contributed by atoms with Gasteiger partial charge in [0.1, 0.15) is 37.6 Å². The zero-order valence-electron chi connectivity index (χ0n) is 35.9. The Morgan fingerprint density at radius 2 is 1.75 bits per heavy atom. The molecular formula is C47H57F2N5O5Si. The summed E-state index contributed by atoms with van der Waals surface area (Å²) in [6.07, 6.45) is 3.21. The van der Waals surface area contributed by atoms with Crippen molar-refractivity contribution in [3.05, 3.63) is 65.7 Å². The summed E-state index contributed by atoms with van der Waals surface area (Å²) in [5, 5.41) is 11.5. The minimum Gasteiger partial charge on any atom is -0.468 e. The fourth-order valence-electron chi connectivity index (χ4n) is 11.3. The van der Waals surface area contributed by atoms with E-state index in [9.17, 15) is 9.90 Å². The molecule has 0 spiro atoms. The average Bonchev–Trinajstić information content (AvgIpc) is 3.82. The van der Waals surface area contributed by atoms with Crippen LogP contribution in [-0.4, -0.2) is 103 Å². The van der Waals surface area contributed by atoms with E-state index < -0.39 is 25.8 Å². The van der Waals surface area contributed by atoms with E-state index in [1.165, 1.54) is 18.1 Å². The number of aromatic nitrogens is 2. The highest BCUT2D eigenvalue weighted by atomic mass is 28.3. The normalized spacial score (nSPS) is 21.8. The number of piperazine rings is 1. The number of benzene rings is 3. The number of hydrogen-bond acceptors (Lipinski definition) is 8. The maximum atomic E-state index is 17.8. The second kappa shape index (κ2) is 16.3. The van der Waals surface area contributed by atoms with Crippen LogP contribution in [0.1, 0.15) is 79.2 Å². The molecule has 13 heteroatoms. The molecule has 4 aliphatic rings. The molecule has 1 amide bonds. The summed E-state index contributed by atoms with van der Waals surface area (Å²) in [5.41, 5.74) is 6.51. The van der Waals surface area contributed by atoms with Gasteiger partial charge in [0.2, 0.25) is 0 Å². The second-order valence-corrected chi connectivity index (χ2v) is 23.9. The van der Waals surface area contributed by atoms with Gasteiger partial charge in [0.15, 0.2) is 12.6 Å². The Bertz CT molecular complexity index is 2380. The third kappa shape index (κ3) is 7.18. The average molecular weight is 838 g/mol. The number of halogens is 2. The maximum absolute atomic E-state index is 17.8. The summed E-state index contributed by atoms with van der Waals surface area (Å²) in [4.78, 5) is 27.7. The molecule has 4 fully saturated rings. The summed E-state index contributed by atoms with van der Waals surface area (Å²) < 4.78 is 52.6. The lowest BCUT2D eigenvalue weighted by atomic mass is 9.93. The molecule has 0 aliphatic carbocycles. The van der Waals surface area contributed by atoms with Crippen molar-refractivity contribution in [1.82, 2.24) is 19.8 Å². The number of hydrogen-bond donors (Lipinski definition) is 1. The first-order chi connectivity index (χ1) is 28.7. The van der Waals surface area contributed by atoms with E-state index in [0.29, 0.717) is 77.1 Å². The van der Waals surface area contributed by atoms with Crippen LogP contribution >= 0.6 is 0 Å². The molecule has 0 radical (unpaired) electrons. The number of carboxylic acid groups (broad SMARTS) is 1. The molecule has 4 aromatic rings. The van der Waals surface area contributed by atoms with Gasteiger partial charge in [0, 0.05) is 48.6 Å². The lowest BCUT2D eigenvalue weighted by Gasteiger charge is -2.40. The van der Waals surface area contributed by atoms with E-state index in [2.05, 4.69) is 64.5 Å². The lowest BCUT2D eigenvalue weighted by Crippen LogP contribution is -2.55. The van der Waals surface area contributed by atoms with Gasteiger partial charge in [-0.2, -0.15) is 9.97 Å². The number of anilines is 1. The highest BCUT2D eigenvalue weighted by Crippen LogP contribution is 2.45. The third-order valence-electron chi connectivity index (χ3n) is 13.9. The number of ether oxygens (including phenoxy) is 3. The Hall–Kier alpha value is -4.77. The van der Waals surface area contributed by atoms with Crippen molar-refractivity contribution in [1.29, 1.82) is 0 Å². The van der Waals surface area contributed by atoms with Crippen molar-refractivity contribution < 1.29 is 32.9 Å². The smallest absolute Gasteiger partial charge is 0.407 e. The van der Waals surface area contributed by atoms with E-state index in [1.807, 2.05) is 29.2 Å². The second-order valence-electron chi connectivity index (χ2n) is 18.3. The molecule has 3 atom stereocenters. The Morgan fingerprint density at radius 3 is 2.42 bits per heavy atom. The van der Waals surface area contributed by atoms with Crippen LogP contribution in [-0.2, 0) is 4.74 Å². The van der Waals surface area contributed by atoms with Crippen molar-refractivity contribution in [3.63, 3.8) is 0 Å². The van der Waals surface area contributed by atoms with Crippen LogP contribution in [0.5, 0.6) is 11.8 Å². The standard InChI is InChI=1S/C47H57F2N5O5Si/c1-28(2)60(29(3)4,30(5)6)18-15-32-11-9-12-33-19-36(59-27-57-8)20-37(40(32)33)41-39(48)21-38-43(42(41)49)50-45(58-26-47-16-10-17-53(47)23-31(7)22-47)51-44(38)52-24-34-13-14-35(25-52)54(34)46(55)56/h9,11-12,19-21,28-30,34-35H,7,10,13-14,16-17,22-27H2,1-6,8H3,(H,55,56)/t34-,35+,47?. The van der Waals surface area contributed by atoms with Gasteiger partial charge in [-0.3, -0.25) is 9.80 Å². The van der Waals surface area contributed by atoms with Crippen LogP contribution in [0.25, 0.3) is 32.8 Å². The van der Waals surface area contributed by atoms with E-state index in [4.69, 9.17) is 24.2 Å². The number of amides is 1. The molecule has 0 saturated carbocycles. The Morgan fingerprint density at radius 1 is 1.03 bits per heavy atom. The van der Waals surface area contributed by atoms with Gasteiger partial charge in [-0.15, -0.1) is 5.54 Å². The molecule has 1 unspecified atom stereocenters. The molecule has 4 aliphatic heterocycles. The first-order valence-corrected chi connectivity index (χ1v) is 23.6. The molecule has 1 aromatic heterocycles. The van der Waals surface area contributed by atoms with Gasteiger partial charge in [-0.05, 0) is 84.9 Å². The number of carbonyl (C=O) groups is 1. The van der Waals surface area contributed by atoms with Crippen molar-refractivity contribution in [3.8, 4) is 34.4 Å². The zero-order chi connectivity index (χ0) is 42.7. The monoisotopic (exact) mass is 837 g/mol. The summed E-state index contributed by atoms with van der Waals surface area (Å²) in [7, 11) is -0.669. The quantitative estimate of drug-likeness (QED) is 0.0685. The van der Waals surface area contributed by atoms with Gasteiger partial charge in [0.25, 0.3) is 0 Å². The third-order valence-corrected chi connectivity index (χ3v) is 20.2. The summed E-state index contributed by atoms with van der Waals surface area (Å²) in [6, 6.07) is 10.00. The van der Waals surface area contributed by atoms with Crippen LogP contribution in [0.4, 0.5) is 19.4 Å². The molecule has 60 heavy (non-hydrogen) atoms. The van der Waals surface area contributed by atoms with Crippen LogP contribution in [0.2, 0.25) is 16.6 Å². The van der Waals surface area contributed by atoms with Crippen molar-refractivity contribution >= 4 is 41.7 Å². The van der Waals surface area contributed by atoms with Crippen LogP contribution in [0, 0.1) is 23.1 Å². The number of fused-ring (bicyclic) bond motifs is 5. The van der Waals surface area contributed by atoms with Gasteiger partial charge in [0.05, 0.1) is 23.2 Å². The Kier molecular flexibility index (Phi) is 11.4. The Balaban J connectivity index is 1.32. The van der Waals surface area contributed by atoms with Crippen molar-refractivity contribution in [2.45, 2.75) is 108 Å². The van der Waals surface area contributed by atoms with Crippen molar-refractivity contribution in [2.24, 2.45) is 0 Å². The van der Waals surface area contributed by atoms with Crippen LogP contribution in [0.15, 0.2) is 48.6 Å². The van der Waals surface area contributed by atoms with Gasteiger partial charge >= 0.3 is 12.1 Å². The minimum atomic E-state index is -2.19. The van der Waals surface area contributed by atoms with Crippen LogP contribution < -0.4 is 14.4 Å². The molecule has 318 valence electrons. The highest BCUT2D eigenvalue weighted by Gasteiger charge is 2.47. The highest BCUT2D eigenvalue weighted by molar-refractivity contribution is 6.90. The number of rotatable bonds is 11. The fourth-order valence-corrected chi connectivity index (χ4v) is 16.5. The number of nitrogens with zero attached hydrogens (tertiary/aromatic N) is 5. The predicted octanol–water partition coefficient (Wildman–Crippen LogP) is 9.78. The van der Waals surface area contributed by atoms with E-state index in [-0.39, 0.29) is 52.5 Å². The van der Waals surface area contributed by atoms with E-state index in [0.717, 1.165) is 37.9 Å². The molecule has 2 bridgehead atoms. The molecule has 10 nitrogen and oxygen atoms in total. The Labute approximate surface area is 352 Å². The summed E-state index contributed by atoms with van der Waals surface area (Å²) in [5.74, 6) is 2.62. The topological polar surface area (TPSA) is 100 Å². The van der Waals surface area contributed by atoms with E-state index in [1.54, 1.807) is 6.07 Å². The van der Waals surface area contributed by atoms with Gasteiger partial charge in [-0.25, -0.2) is 13.6 Å². The molecular weight excluding hydrogens is 781 g/mol. The molecule has 1 N–H and O–H groups in total. The van der Waals surface area contributed by atoms with Gasteiger partial charge in [-0.1, -0.05) is 71.7 Å². The number of methoxy groups -OCH3 is 1. The maximum Gasteiger partial charge on any atom is 0.407 e. The lowest BCUT2D eigenvalue weighted by molar-refractivity contribution is 0.0512. The van der Waals surface area contributed by atoms with E-state index >= 15 is 8.78 Å². The summed E-state index contributed by atoms with van der Waals surface area (Å²) in [6.45, 7) is 20.5. The molecule has 4 saturated heterocycles. The first kappa shape index (κ1) is 41.9. The van der Waals surface area contributed by atoms with Crippen molar-refractivity contribution in [2.75, 3.05) is 51.6 Å². The summed E-state index contributed by atoms with van der Waals surface area (Å²) >= 11 is 0. The fraction of sp³-hybridized carbons (Fsp3) is 0.511. The molecule has 8 rings (SSSR count). The molecule has 3 aromatic carbocycles. The first-order valence-electron chi connectivity index (χ1n) is 21.4. The molecule has 5 heterocycles. The van der Waals surface area contributed by atoms with Crippen LogP contribution in [0.3, 0.4) is 0 Å². The minimum absolute atomic E-state index is 0.00773. The predicted molar refractivity (Wildman–Crippen MR) is 235 cm³/mol. The largest absolute Gasteiger partial charge is 0.468 e. The SMILES string of the molecule is C=C1CN2CCCC2(COc2nc(N3C[C@H]4CC[C@@H](C3)N4C(=O)O)c3cc(F)c(-c4cc(OCOC)cc5cccc(C#C[Si](C(C)C)(C(C)C)C(C)C)c45)c(F)c3n2)C1.